The highest BCUT2D eigenvalue weighted by Crippen LogP contribution is 2.32. The van der Waals surface area contributed by atoms with Gasteiger partial charge in [-0.05, 0) is 48.9 Å². The van der Waals surface area contributed by atoms with Crippen LogP contribution in [0.4, 0.5) is 19.0 Å². The molecule has 0 saturated carbocycles. The summed E-state index contributed by atoms with van der Waals surface area (Å²) < 4.78 is 42.5. The Morgan fingerprint density at radius 2 is 1.68 bits per heavy atom. The van der Waals surface area contributed by atoms with Gasteiger partial charge in [0.05, 0.1) is 6.42 Å². The van der Waals surface area contributed by atoms with Crippen molar-refractivity contribution in [3.8, 4) is 17.0 Å². The van der Waals surface area contributed by atoms with Crippen LogP contribution >= 0.6 is 0 Å². The Balaban J connectivity index is 1.31. The molecular weight excluding hydrogens is 481 g/mol. The standard InChI is InChI=1S/C28H25F3N4O2/c1-18-17-34(14-15-35(18)25(36)16-19-6-12-22(13-7-19)37-28(30)31)27-24-5-3-2-4-23(24)26(32-33-27)20-8-10-21(29)11-9-20/h2-13,18,28H,14-17H2,1H3/t18-/m0/s1. The lowest BCUT2D eigenvalue weighted by atomic mass is 10.0. The van der Waals surface area contributed by atoms with Crippen LogP contribution < -0.4 is 9.64 Å². The van der Waals surface area contributed by atoms with Gasteiger partial charge in [-0.2, -0.15) is 8.78 Å². The van der Waals surface area contributed by atoms with Crippen LogP contribution in [-0.4, -0.2) is 53.3 Å². The van der Waals surface area contributed by atoms with Gasteiger partial charge in [0.2, 0.25) is 5.91 Å². The van der Waals surface area contributed by atoms with Crippen LogP contribution in [0.5, 0.6) is 5.75 Å². The second-order valence-electron chi connectivity index (χ2n) is 9.01. The normalized spacial score (nSPS) is 15.9. The van der Waals surface area contributed by atoms with Crippen molar-refractivity contribution in [1.82, 2.24) is 15.1 Å². The van der Waals surface area contributed by atoms with Gasteiger partial charge in [-0.3, -0.25) is 4.79 Å². The quantitative estimate of drug-likeness (QED) is 0.355. The number of ether oxygens (including phenoxy) is 1. The van der Waals surface area contributed by atoms with Crippen molar-refractivity contribution < 1.29 is 22.7 Å². The van der Waals surface area contributed by atoms with Crippen molar-refractivity contribution in [2.75, 3.05) is 24.5 Å². The molecule has 0 radical (unpaired) electrons. The minimum Gasteiger partial charge on any atom is -0.435 e. The average molecular weight is 507 g/mol. The number of aromatic nitrogens is 2. The summed E-state index contributed by atoms with van der Waals surface area (Å²) in [5.74, 6) is 0.469. The molecule has 1 aliphatic rings. The molecule has 1 fully saturated rings. The molecule has 1 amide bonds. The maximum atomic E-state index is 13.4. The largest absolute Gasteiger partial charge is 0.435 e. The second-order valence-corrected chi connectivity index (χ2v) is 9.01. The maximum Gasteiger partial charge on any atom is 0.387 e. The van der Waals surface area contributed by atoms with Crippen LogP contribution in [0.1, 0.15) is 12.5 Å². The molecule has 37 heavy (non-hydrogen) atoms. The lowest BCUT2D eigenvalue weighted by Gasteiger charge is -2.40. The molecule has 6 nitrogen and oxygen atoms in total. The Labute approximate surface area is 212 Å². The van der Waals surface area contributed by atoms with Crippen molar-refractivity contribution in [2.45, 2.75) is 26.0 Å². The van der Waals surface area contributed by atoms with Gasteiger partial charge in [-0.15, -0.1) is 10.2 Å². The van der Waals surface area contributed by atoms with Crippen molar-refractivity contribution in [3.63, 3.8) is 0 Å². The summed E-state index contributed by atoms with van der Waals surface area (Å²) >= 11 is 0. The zero-order chi connectivity index (χ0) is 25.9. The van der Waals surface area contributed by atoms with Crippen LogP contribution in [0.25, 0.3) is 22.0 Å². The first-order valence-corrected chi connectivity index (χ1v) is 12.0. The van der Waals surface area contributed by atoms with Gasteiger partial charge in [0.15, 0.2) is 5.82 Å². The number of nitrogens with zero attached hydrogens (tertiary/aromatic N) is 4. The lowest BCUT2D eigenvalue weighted by molar-refractivity contribution is -0.132. The molecule has 1 aliphatic heterocycles. The molecule has 4 aromatic rings. The topological polar surface area (TPSA) is 58.6 Å². The average Bonchev–Trinajstić information content (AvgIpc) is 2.89. The highest BCUT2D eigenvalue weighted by molar-refractivity contribution is 6.00. The van der Waals surface area contributed by atoms with E-state index < -0.39 is 6.61 Å². The third kappa shape index (κ3) is 5.35. The molecule has 3 aromatic carbocycles. The van der Waals surface area contributed by atoms with Gasteiger partial charge in [-0.1, -0.05) is 36.4 Å². The smallest absolute Gasteiger partial charge is 0.387 e. The molecule has 190 valence electrons. The lowest BCUT2D eigenvalue weighted by Crippen LogP contribution is -2.54. The van der Waals surface area contributed by atoms with Gasteiger partial charge in [0.25, 0.3) is 0 Å². The zero-order valence-corrected chi connectivity index (χ0v) is 20.2. The Kier molecular flexibility index (Phi) is 6.94. The minimum absolute atomic E-state index is 0.0303. The Morgan fingerprint density at radius 3 is 2.35 bits per heavy atom. The number of rotatable bonds is 6. The van der Waals surface area contributed by atoms with Gasteiger partial charge in [0, 0.05) is 42.0 Å². The number of hydrogen-bond acceptors (Lipinski definition) is 5. The highest BCUT2D eigenvalue weighted by atomic mass is 19.3. The van der Waals surface area contributed by atoms with E-state index in [1.807, 2.05) is 36.1 Å². The summed E-state index contributed by atoms with van der Waals surface area (Å²) in [5.41, 5.74) is 2.20. The van der Waals surface area contributed by atoms with E-state index in [0.717, 1.165) is 27.7 Å². The number of anilines is 1. The molecule has 9 heteroatoms. The first-order chi connectivity index (χ1) is 17.9. The minimum atomic E-state index is -2.88. The molecule has 1 aromatic heterocycles. The number of hydrogen-bond donors (Lipinski definition) is 0. The predicted molar refractivity (Wildman–Crippen MR) is 135 cm³/mol. The van der Waals surface area contributed by atoms with Crippen molar-refractivity contribution in [1.29, 1.82) is 0 Å². The van der Waals surface area contributed by atoms with E-state index in [1.165, 1.54) is 24.3 Å². The first-order valence-electron chi connectivity index (χ1n) is 12.0. The highest BCUT2D eigenvalue weighted by Gasteiger charge is 2.29. The fourth-order valence-electron chi connectivity index (χ4n) is 4.73. The Bertz CT molecular complexity index is 1400. The van der Waals surface area contributed by atoms with Gasteiger partial charge >= 0.3 is 6.61 Å². The Morgan fingerprint density at radius 1 is 0.973 bits per heavy atom. The summed E-state index contributed by atoms with van der Waals surface area (Å²) in [7, 11) is 0. The summed E-state index contributed by atoms with van der Waals surface area (Å²) in [5, 5.41) is 10.9. The third-order valence-electron chi connectivity index (χ3n) is 6.54. The van der Waals surface area contributed by atoms with Crippen LogP contribution in [-0.2, 0) is 11.2 Å². The third-order valence-corrected chi connectivity index (χ3v) is 6.54. The van der Waals surface area contributed by atoms with E-state index in [0.29, 0.717) is 25.3 Å². The molecule has 2 heterocycles. The maximum absolute atomic E-state index is 13.4. The number of fused-ring (bicyclic) bond motifs is 1. The molecule has 0 bridgehead atoms. The van der Waals surface area contributed by atoms with E-state index >= 15 is 0 Å². The van der Waals surface area contributed by atoms with Crippen molar-refractivity contribution >= 4 is 22.5 Å². The van der Waals surface area contributed by atoms with Gasteiger partial charge in [0.1, 0.15) is 17.3 Å². The van der Waals surface area contributed by atoms with Gasteiger partial charge < -0.3 is 14.5 Å². The van der Waals surface area contributed by atoms with Crippen LogP contribution in [0, 0.1) is 5.82 Å². The first kappa shape index (κ1) is 24.5. The summed E-state index contributed by atoms with van der Waals surface area (Å²) in [4.78, 5) is 17.0. The zero-order valence-electron chi connectivity index (χ0n) is 20.2. The SMILES string of the molecule is C[C@H]1CN(c2nnc(-c3ccc(F)cc3)c3ccccc23)CCN1C(=O)Cc1ccc(OC(F)F)cc1. The van der Waals surface area contributed by atoms with E-state index in [1.54, 1.807) is 24.3 Å². The summed E-state index contributed by atoms with van der Waals surface area (Å²) in [6.45, 7) is 0.799. The molecule has 1 atom stereocenters. The van der Waals surface area contributed by atoms with Crippen molar-refractivity contribution in [3.05, 3.63) is 84.2 Å². The van der Waals surface area contributed by atoms with E-state index in [-0.39, 0.29) is 29.9 Å². The number of piperazine rings is 1. The Hall–Kier alpha value is -4.14. The van der Waals surface area contributed by atoms with E-state index in [4.69, 9.17) is 0 Å². The number of halogens is 3. The molecule has 0 aliphatic carbocycles. The molecule has 1 saturated heterocycles. The number of carbonyl (C=O) groups excluding carboxylic acids is 1. The molecule has 0 unspecified atom stereocenters. The monoisotopic (exact) mass is 506 g/mol. The molecule has 0 spiro atoms. The van der Waals surface area contributed by atoms with E-state index in [2.05, 4.69) is 19.8 Å². The van der Waals surface area contributed by atoms with E-state index in [9.17, 15) is 18.0 Å². The molecular formula is C28H25F3N4O2. The summed E-state index contributed by atoms with van der Waals surface area (Å²) in [6.07, 6.45) is 0.175. The van der Waals surface area contributed by atoms with Crippen LogP contribution in [0.3, 0.4) is 0 Å². The number of carbonyl (C=O) groups is 1. The number of amides is 1. The fourth-order valence-corrected chi connectivity index (χ4v) is 4.73. The number of alkyl halides is 2. The van der Waals surface area contributed by atoms with Crippen LogP contribution in [0.2, 0.25) is 0 Å². The van der Waals surface area contributed by atoms with Gasteiger partial charge in [-0.25, -0.2) is 4.39 Å². The second kappa shape index (κ2) is 10.5. The van der Waals surface area contributed by atoms with Crippen LogP contribution in [0.15, 0.2) is 72.8 Å². The predicted octanol–water partition coefficient (Wildman–Crippen LogP) is 5.32. The fraction of sp³-hybridized carbons (Fsp3) is 0.250. The molecule has 5 rings (SSSR count). The number of benzene rings is 3. The molecule has 0 N–H and O–H groups in total. The van der Waals surface area contributed by atoms with Crippen molar-refractivity contribution in [2.24, 2.45) is 0 Å². The summed E-state index contributed by atoms with van der Waals surface area (Å²) in [6, 6.07) is 20.1.